The maximum Gasteiger partial charge on any atom is 0.234 e. The molecular weight excluding hydrogens is 360 g/mol. The molecule has 2 rings (SSSR count). The van der Waals surface area contributed by atoms with Gasteiger partial charge < -0.3 is 15.4 Å². The largest absolute Gasteiger partial charge is 0.495 e. The lowest BCUT2D eigenvalue weighted by molar-refractivity contribution is -0.119. The first-order chi connectivity index (χ1) is 12.0. The lowest BCUT2D eigenvalue weighted by Gasteiger charge is -2.08. The quantitative estimate of drug-likeness (QED) is 0.539. The summed E-state index contributed by atoms with van der Waals surface area (Å²) in [6.45, 7) is 3.81. The molecule has 0 bridgehead atoms. The minimum absolute atomic E-state index is 0.0772. The Balaban J connectivity index is 1.85. The van der Waals surface area contributed by atoms with Gasteiger partial charge in [0.1, 0.15) is 5.75 Å². The molecule has 0 aliphatic heterocycles. The summed E-state index contributed by atoms with van der Waals surface area (Å²) in [7, 11) is 1.55. The zero-order valence-corrected chi connectivity index (χ0v) is 15.9. The Bertz CT molecular complexity index is 736. The summed E-state index contributed by atoms with van der Waals surface area (Å²) in [6, 6.07) is 7.20. The summed E-state index contributed by atoms with van der Waals surface area (Å²) in [5.41, 5.74) is 0.620. The highest BCUT2D eigenvalue weighted by Crippen LogP contribution is 2.27. The lowest BCUT2D eigenvalue weighted by atomic mass is 10.1. The fourth-order valence-corrected chi connectivity index (χ4v) is 3.35. The summed E-state index contributed by atoms with van der Waals surface area (Å²) < 4.78 is 5.82. The molecule has 1 aromatic heterocycles. The summed E-state index contributed by atoms with van der Waals surface area (Å²) in [5.74, 6) is 0.462. The Morgan fingerprint density at radius 2 is 2.04 bits per heavy atom. The van der Waals surface area contributed by atoms with E-state index in [1.165, 1.54) is 23.1 Å². The van der Waals surface area contributed by atoms with Crippen molar-refractivity contribution in [1.82, 2.24) is 10.2 Å². The molecule has 0 radical (unpaired) electrons. The molecular formula is C16H20N4O3S2. The van der Waals surface area contributed by atoms with Gasteiger partial charge in [0.15, 0.2) is 4.34 Å². The number of thioether (sulfide) groups is 1. The van der Waals surface area contributed by atoms with E-state index in [1.54, 1.807) is 19.2 Å². The van der Waals surface area contributed by atoms with Gasteiger partial charge in [0.05, 0.1) is 18.6 Å². The standard InChI is InChI=1S/C16H20N4O3S2/c1-4-10(2)14(22)18-15-19-20-16(25-15)24-9-13(21)17-11-7-5-6-8-12(11)23-3/h5-8,10H,4,9H2,1-3H3,(H,17,21)(H,18,19,22)/t10-/m0/s1. The number of benzene rings is 1. The van der Waals surface area contributed by atoms with E-state index >= 15 is 0 Å². The number of carbonyl (C=O) groups is 2. The molecule has 1 aromatic carbocycles. The monoisotopic (exact) mass is 380 g/mol. The minimum atomic E-state index is -0.171. The second kappa shape index (κ2) is 9.38. The molecule has 0 spiro atoms. The number of nitrogens with zero attached hydrogens (tertiary/aromatic N) is 2. The van der Waals surface area contributed by atoms with Gasteiger partial charge in [-0.3, -0.25) is 9.59 Å². The minimum Gasteiger partial charge on any atom is -0.495 e. The number of hydrogen-bond acceptors (Lipinski definition) is 7. The van der Waals surface area contributed by atoms with Gasteiger partial charge >= 0.3 is 0 Å². The molecule has 0 unspecified atom stereocenters. The van der Waals surface area contributed by atoms with Crippen LogP contribution in [0.4, 0.5) is 10.8 Å². The molecule has 2 amide bonds. The molecule has 7 nitrogen and oxygen atoms in total. The van der Waals surface area contributed by atoms with Crippen molar-refractivity contribution >= 4 is 45.7 Å². The van der Waals surface area contributed by atoms with E-state index in [-0.39, 0.29) is 23.5 Å². The van der Waals surface area contributed by atoms with Gasteiger partial charge in [-0.2, -0.15) is 0 Å². The van der Waals surface area contributed by atoms with Crippen LogP contribution in [0.2, 0.25) is 0 Å². The number of amides is 2. The molecule has 0 saturated carbocycles. The number of carbonyl (C=O) groups excluding carboxylic acids is 2. The van der Waals surface area contributed by atoms with Crippen LogP contribution in [0.25, 0.3) is 0 Å². The van der Waals surface area contributed by atoms with Crippen LogP contribution >= 0.6 is 23.1 Å². The van der Waals surface area contributed by atoms with Crippen molar-refractivity contribution in [1.29, 1.82) is 0 Å². The van der Waals surface area contributed by atoms with Crippen molar-refractivity contribution in [2.45, 2.75) is 24.6 Å². The highest BCUT2D eigenvalue weighted by molar-refractivity contribution is 8.01. The van der Waals surface area contributed by atoms with Crippen molar-refractivity contribution < 1.29 is 14.3 Å². The van der Waals surface area contributed by atoms with Crippen LogP contribution in [0.15, 0.2) is 28.6 Å². The van der Waals surface area contributed by atoms with E-state index in [0.29, 0.717) is 20.9 Å². The van der Waals surface area contributed by atoms with Crippen LogP contribution in [0, 0.1) is 5.92 Å². The smallest absolute Gasteiger partial charge is 0.234 e. The summed E-state index contributed by atoms with van der Waals surface area (Å²) in [5, 5.41) is 13.9. The van der Waals surface area contributed by atoms with Crippen LogP contribution < -0.4 is 15.4 Å². The highest BCUT2D eigenvalue weighted by Gasteiger charge is 2.14. The van der Waals surface area contributed by atoms with Gasteiger partial charge in [-0.15, -0.1) is 10.2 Å². The first-order valence-electron chi connectivity index (χ1n) is 7.73. The van der Waals surface area contributed by atoms with E-state index in [4.69, 9.17) is 4.74 Å². The van der Waals surface area contributed by atoms with Crippen LogP contribution in [0.3, 0.4) is 0 Å². The first-order valence-corrected chi connectivity index (χ1v) is 9.53. The van der Waals surface area contributed by atoms with Gasteiger partial charge in [0.25, 0.3) is 0 Å². The van der Waals surface area contributed by atoms with Gasteiger partial charge in [-0.05, 0) is 18.6 Å². The Kier molecular flexibility index (Phi) is 7.20. The van der Waals surface area contributed by atoms with E-state index in [0.717, 1.165) is 6.42 Å². The predicted octanol–water partition coefficient (Wildman–Crippen LogP) is 3.26. The van der Waals surface area contributed by atoms with Crippen LogP contribution in [0.5, 0.6) is 5.75 Å². The number of anilines is 2. The fourth-order valence-electron chi connectivity index (χ4n) is 1.79. The van der Waals surface area contributed by atoms with Gasteiger partial charge in [-0.1, -0.05) is 49.1 Å². The topological polar surface area (TPSA) is 93.2 Å². The third-order valence-electron chi connectivity index (χ3n) is 3.40. The molecule has 2 N–H and O–H groups in total. The molecule has 9 heteroatoms. The van der Waals surface area contributed by atoms with Crippen LogP contribution in [-0.4, -0.2) is 34.9 Å². The second-order valence-corrected chi connectivity index (χ2v) is 7.41. The molecule has 2 aromatic rings. The number of para-hydroxylation sites is 2. The van der Waals surface area contributed by atoms with Gasteiger partial charge in [0.2, 0.25) is 16.9 Å². The Morgan fingerprint density at radius 3 is 2.76 bits per heavy atom. The number of aromatic nitrogens is 2. The zero-order valence-electron chi connectivity index (χ0n) is 14.2. The van der Waals surface area contributed by atoms with Gasteiger partial charge in [-0.25, -0.2) is 0 Å². The predicted molar refractivity (Wildman–Crippen MR) is 100 cm³/mol. The lowest BCUT2D eigenvalue weighted by Crippen LogP contribution is -2.19. The molecule has 1 atom stereocenters. The van der Waals surface area contributed by atoms with Crippen molar-refractivity contribution in [2.24, 2.45) is 5.92 Å². The average Bonchev–Trinajstić information content (AvgIpc) is 3.07. The van der Waals surface area contributed by atoms with Crippen LogP contribution in [0.1, 0.15) is 20.3 Å². The number of rotatable bonds is 8. The fraction of sp³-hybridized carbons (Fsp3) is 0.375. The zero-order chi connectivity index (χ0) is 18.2. The molecule has 25 heavy (non-hydrogen) atoms. The Morgan fingerprint density at radius 1 is 1.28 bits per heavy atom. The second-order valence-electron chi connectivity index (χ2n) is 5.21. The van der Waals surface area contributed by atoms with E-state index in [1.807, 2.05) is 26.0 Å². The third kappa shape index (κ3) is 5.71. The van der Waals surface area contributed by atoms with E-state index in [2.05, 4.69) is 20.8 Å². The molecule has 0 aliphatic rings. The highest BCUT2D eigenvalue weighted by atomic mass is 32.2. The molecule has 1 heterocycles. The SMILES string of the molecule is CC[C@H](C)C(=O)Nc1nnc(SCC(=O)Nc2ccccc2OC)s1. The Labute approximate surface area is 154 Å². The maximum atomic E-state index is 12.1. The number of ether oxygens (including phenoxy) is 1. The summed E-state index contributed by atoms with van der Waals surface area (Å²) in [4.78, 5) is 23.9. The first kappa shape index (κ1) is 19.2. The number of methoxy groups -OCH3 is 1. The Hall–Kier alpha value is -2.13. The van der Waals surface area contributed by atoms with Crippen molar-refractivity contribution in [3.63, 3.8) is 0 Å². The molecule has 0 fully saturated rings. The number of nitrogens with one attached hydrogen (secondary N) is 2. The van der Waals surface area contributed by atoms with Crippen LogP contribution in [-0.2, 0) is 9.59 Å². The number of hydrogen-bond donors (Lipinski definition) is 2. The molecule has 0 aliphatic carbocycles. The van der Waals surface area contributed by atoms with Crippen molar-refractivity contribution in [3.05, 3.63) is 24.3 Å². The van der Waals surface area contributed by atoms with Crippen molar-refractivity contribution in [3.8, 4) is 5.75 Å². The summed E-state index contributed by atoms with van der Waals surface area (Å²) >= 11 is 2.51. The average molecular weight is 380 g/mol. The van der Waals surface area contributed by atoms with Gasteiger partial charge in [0, 0.05) is 5.92 Å². The summed E-state index contributed by atoms with van der Waals surface area (Å²) in [6.07, 6.45) is 0.759. The van der Waals surface area contributed by atoms with Crippen molar-refractivity contribution in [2.75, 3.05) is 23.5 Å². The molecule has 134 valence electrons. The normalized spacial score (nSPS) is 11.6. The maximum absolute atomic E-state index is 12.1. The van der Waals surface area contributed by atoms with E-state index in [9.17, 15) is 9.59 Å². The molecule has 0 saturated heterocycles. The third-order valence-corrected chi connectivity index (χ3v) is 5.38. The van der Waals surface area contributed by atoms with E-state index < -0.39 is 0 Å².